The molecule has 12 heterocycles. The van der Waals surface area contributed by atoms with Crippen LogP contribution < -0.4 is 13.7 Å². The molecule has 5 N–H and O–H groups in total. The van der Waals surface area contributed by atoms with E-state index in [0.29, 0.717) is 63.4 Å². The zero-order chi connectivity index (χ0) is 85.5. The van der Waals surface area contributed by atoms with Gasteiger partial charge in [-0.15, -0.1) is 43.3 Å². The SMILES string of the molecule is CC(C)(C)OC(=O)N1CCc2c(c(-c3nccs3)nn2COCC[Si](C)(C)C)C1.CC(C)(C)OC(=O)N1CCc2c(c(Br)nn2COCC[Si](C)(C)C)C1.CCC[CH2][Sn]([CH2]CCC)([CH2]CCC)[c]1nccs1.O=C(Nc1cccc(Cl)c1)N1CCc2[nH]nc(-c3nccs3)c2C1.OS(=P)CP.[2H]C.c1csc(-c2n[nH]c3c2CNCC3)n1. The van der Waals surface area contributed by atoms with Crippen LogP contribution in [-0.2, 0) is 94.6 Å². The monoisotopic (exact) mass is 1950 g/mol. The predicted molar refractivity (Wildman–Crippen MR) is 498 cm³/mol. The van der Waals surface area contributed by atoms with E-state index in [1.807, 2.05) is 103 Å². The average Bonchev–Trinajstić information content (AvgIpc) is 1.63. The molecule has 4 amide bonds. The number of H-pyrrole nitrogens is 2. The van der Waals surface area contributed by atoms with E-state index in [1.165, 1.54) is 68.5 Å². The van der Waals surface area contributed by atoms with Gasteiger partial charge in [0.2, 0.25) is 0 Å². The van der Waals surface area contributed by atoms with Crippen molar-refractivity contribution >= 4 is 162 Å². The first-order valence-corrected chi connectivity index (χ1v) is 62.7. The summed E-state index contributed by atoms with van der Waals surface area (Å²) in [7, 11) is 3.88. The van der Waals surface area contributed by atoms with Crippen molar-refractivity contribution in [3.8, 4) is 32.1 Å². The third-order valence-electron chi connectivity index (χ3n) is 19.0. The Bertz CT molecular complexity index is 4440. The third kappa shape index (κ3) is 31.3. The Labute approximate surface area is 731 Å². The maximum absolute atomic E-state index is 12.6. The first-order chi connectivity index (χ1) is 55.7. The molecule has 0 aliphatic carbocycles. The van der Waals surface area contributed by atoms with Crippen LogP contribution in [0.4, 0.5) is 20.1 Å². The number of aromatic amines is 2. The molecule has 0 bridgehead atoms. The molecule has 116 heavy (non-hydrogen) atoms. The van der Waals surface area contributed by atoms with Crippen molar-refractivity contribution in [1.82, 2.24) is 79.9 Å². The van der Waals surface area contributed by atoms with Crippen molar-refractivity contribution < 1.29 is 39.3 Å². The molecule has 4 aliphatic rings. The van der Waals surface area contributed by atoms with Crippen LogP contribution in [0.25, 0.3) is 32.1 Å². The van der Waals surface area contributed by atoms with Crippen LogP contribution >= 0.6 is 90.1 Å². The molecule has 0 saturated heterocycles. The second-order valence-electron chi connectivity index (χ2n) is 33.1. The summed E-state index contributed by atoms with van der Waals surface area (Å²) in [6.45, 7) is 40.1. The van der Waals surface area contributed by atoms with Crippen LogP contribution in [0.15, 0.2) is 75.2 Å². The quantitative estimate of drug-likeness (QED) is 0.0202. The van der Waals surface area contributed by atoms with Crippen molar-refractivity contribution in [3.63, 3.8) is 0 Å². The summed E-state index contributed by atoms with van der Waals surface area (Å²) in [6.07, 6.45) is 18.4. The van der Waals surface area contributed by atoms with Crippen LogP contribution in [0.1, 0.15) is 155 Å². The molecule has 0 saturated carbocycles. The molecule has 13 rings (SSSR count). The minimum atomic E-state index is -2.12. The molecule has 25 nitrogen and oxygen atoms in total. The summed E-state index contributed by atoms with van der Waals surface area (Å²) >= 11 is 14.1. The number of aromatic nitrogens is 12. The maximum atomic E-state index is 12.6. The molecule has 2 atom stereocenters. The maximum Gasteiger partial charge on any atom is 0.322 e. The van der Waals surface area contributed by atoms with E-state index in [4.69, 9.17) is 46.6 Å². The van der Waals surface area contributed by atoms with E-state index in [2.05, 4.69) is 150 Å². The summed E-state index contributed by atoms with van der Waals surface area (Å²) in [5, 5.41) is 41.8. The van der Waals surface area contributed by atoms with Gasteiger partial charge in [-0.3, -0.25) is 10.2 Å². The fourth-order valence-electron chi connectivity index (χ4n) is 12.9. The number of urea groups is 1. The normalized spacial score (nSPS) is 14.2. The zero-order valence-electron chi connectivity index (χ0n) is 71.7. The van der Waals surface area contributed by atoms with Gasteiger partial charge in [-0.1, -0.05) is 72.4 Å². The van der Waals surface area contributed by atoms with Crippen LogP contribution in [-0.4, -0.2) is 188 Å². The summed E-state index contributed by atoms with van der Waals surface area (Å²) in [6, 6.07) is 9.26. The molecular weight excluding hydrogens is 1830 g/mol. The van der Waals surface area contributed by atoms with Crippen molar-refractivity contribution in [2.24, 2.45) is 0 Å². The van der Waals surface area contributed by atoms with Gasteiger partial charge in [0.1, 0.15) is 61.4 Å². The Balaban J connectivity index is 0.000000201. The number of nitrogens with zero attached hydrogens (tertiary/aromatic N) is 13. The predicted octanol–water partition coefficient (Wildman–Crippen LogP) is 20.6. The summed E-state index contributed by atoms with van der Waals surface area (Å²) in [4.78, 5) is 60.4. The van der Waals surface area contributed by atoms with Crippen LogP contribution in [0.2, 0.25) is 69.7 Å². The molecule has 1 aromatic carbocycles. The minimum Gasteiger partial charge on any atom is -0.333 e. The van der Waals surface area contributed by atoms with Crippen molar-refractivity contribution in [1.29, 1.82) is 0 Å². The van der Waals surface area contributed by atoms with Gasteiger partial charge < -0.3 is 48.8 Å². The molecule has 640 valence electrons. The number of rotatable bonds is 25. The van der Waals surface area contributed by atoms with Gasteiger partial charge in [0, 0.05) is 185 Å². The molecule has 9 aromatic rings. The number of hydrogen-bond acceptors (Lipinski definition) is 20. The largest absolute Gasteiger partial charge is 0.333 e. The molecule has 37 heteroatoms. The van der Waals surface area contributed by atoms with E-state index < -0.39 is 56.1 Å². The Morgan fingerprint density at radius 2 is 1.12 bits per heavy atom. The van der Waals surface area contributed by atoms with E-state index >= 15 is 0 Å². The van der Waals surface area contributed by atoms with Gasteiger partial charge in [0.25, 0.3) is 0 Å². The molecule has 0 fully saturated rings. The summed E-state index contributed by atoms with van der Waals surface area (Å²) in [5.41, 5.74) is 12.1. The van der Waals surface area contributed by atoms with Crippen molar-refractivity contribution in [3.05, 3.63) is 125 Å². The van der Waals surface area contributed by atoms with Crippen LogP contribution in [0.3, 0.4) is 0 Å². The van der Waals surface area contributed by atoms with Crippen molar-refractivity contribution in [2.75, 3.05) is 50.2 Å². The van der Waals surface area contributed by atoms with Gasteiger partial charge in [-0.05, 0) is 98.1 Å². The van der Waals surface area contributed by atoms with E-state index in [-0.39, 0.29) is 18.2 Å². The number of carbonyl (C=O) groups is 3. The second-order valence-corrected chi connectivity index (χ2v) is 66.5. The molecule has 8 aromatic heterocycles. The topological polar surface area (TPSA) is 287 Å². The number of thiazole rings is 4. The van der Waals surface area contributed by atoms with Gasteiger partial charge in [0.05, 0.1) is 19.6 Å². The first-order valence-electron chi connectivity index (χ1n) is 40.7. The van der Waals surface area contributed by atoms with Gasteiger partial charge in [0.15, 0.2) is 0 Å². The molecule has 4 aliphatic heterocycles. The Kier molecular flexibility index (Phi) is 39.8. The number of carbonyl (C=O) groups excluding carboxylic acids is 3. The number of nitrogens with one attached hydrogen (secondary N) is 4. The molecule has 2 unspecified atom stereocenters. The van der Waals surface area contributed by atoms with E-state index in [0.717, 1.165) is 140 Å². The van der Waals surface area contributed by atoms with E-state index in [9.17, 15) is 14.4 Å². The third-order valence-corrected chi connectivity index (χ3v) is 47.1. The number of hydrogen-bond donors (Lipinski definition) is 5. The second kappa shape index (κ2) is 47.7. The molecule has 0 radical (unpaired) electrons. The van der Waals surface area contributed by atoms with Gasteiger partial charge in [-0.2, -0.15) is 20.4 Å². The number of ether oxygens (including phenoxy) is 4. The van der Waals surface area contributed by atoms with E-state index in [1.54, 1.807) is 78.2 Å². The average molecular weight is 1950 g/mol. The fourth-order valence-corrected chi connectivity index (χ4v) is 36.3. The number of halogens is 2. The summed E-state index contributed by atoms with van der Waals surface area (Å²) in [5.74, 6) is 0. The van der Waals surface area contributed by atoms with Crippen LogP contribution in [0.5, 0.6) is 0 Å². The Morgan fingerprint density at radius 3 is 1.59 bits per heavy atom. The molecule has 0 spiro atoms. The first kappa shape index (κ1) is 96.8. The van der Waals surface area contributed by atoms with Gasteiger partial charge in [-0.25, -0.2) is 38.7 Å². The minimum absolute atomic E-state index is 0.144. The fraction of sp³-hybridized carbons (Fsp3) is 0.582. The number of fused-ring (bicyclic) bond motifs is 4. The van der Waals surface area contributed by atoms with Crippen molar-refractivity contribution in [2.45, 2.75) is 249 Å². The standard InChI is InChI=1S/C20H32N4O3SSi.C17H30BrN3O3Si.C16H14ClN5OS.C9H10N4S.3C4H9.C3H2NS.CH6OP2S.CH4.Sn/c1-20(2,3)27-19(25)23-9-7-16-15(13-23)17(18-21-8-11-28-18)22-24(16)14-26-10-12-29(4,5)6;1-17(2,3)24-16(22)20-8-7-14-13(11-20)15(18)19-21(14)12-23-9-10-25(4,5)6;17-10-2-1-3-11(8-10)19-16(23)22-6-4-13-12(9-22)14(21-20-13)15-18-5-7-24-15;1-2-10-5-6-7(1)12-13-8(6)9-11-3-4-14-9;3*1-3-4-2;1-2-5-3-4-1;2-5(4)1-3;;/h8,11H,7,9-10,12-14H2,1-6H3;7-12H2,1-6H3;1-3,5,7-8H,4,6,9H2,(H,19,23)(H,20,21);3-4,10H,1-2,5H2,(H,12,13);3*1,3-4H2,2H3;1-2H;2,4H,1,3H2;1H4;/i;;;;;;;;;1D;. The Hall–Kier alpha value is -4.69. The number of anilines is 1. The van der Waals surface area contributed by atoms with Crippen LogP contribution in [0, 0.1) is 0 Å². The number of amides is 4. The Morgan fingerprint density at radius 1 is 0.664 bits per heavy atom. The smallest absolute Gasteiger partial charge is 0.322 e. The number of benzene rings is 1. The molecular formula is C79H125BrClN17O8P2S5Si2Sn. The summed E-state index contributed by atoms with van der Waals surface area (Å²) < 4.78 is 47.7. The number of unbranched alkanes of at least 4 members (excludes halogenated alkanes) is 3. The zero-order valence-corrected chi connectivity index (χ0v) is 84.2. The van der Waals surface area contributed by atoms with Gasteiger partial charge >= 0.3 is 140 Å².